The average molecular weight is 463 g/mol. The summed E-state index contributed by atoms with van der Waals surface area (Å²) < 4.78 is 10.2. The predicted octanol–water partition coefficient (Wildman–Crippen LogP) is 4.82. The summed E-state index contributed by atoms with van der Waals surface area (Å²) in [5.74, 6) is -0.150. The van der Waals surface area contributed by atoms with Crippen LogP contribution in [0.5, 0.6) is 0 Å². The minimum absolute atomic E-state index is 0.0654. The number of anilines is 2. The lowest BCUT2D eigenvalue weighted by Gasteiger charge is -2.31. The summed E-state index contributed by atoms with van der Waals surface area (Å²) in [6.45, 7) is 3.83. The standard InChI is InChI=1S/C28H34N2O4/c1-33-27(31)15-12-22-6-5-9-26(20-22)30(28(32)24-7-3-2-4-8-24)21-23-10-13-25(14-11-23)29-16-18-34-19-17-29/h5-6,9-15,20,24H,2-4,7-8,16-19,21H2,1H3/b15-12+. The summed E-state index contributed by atoms with van der Waals surface area (Å²) in [6.07, 6.45) is 8.45. The van der Waals surface area contributed by atoms with Crippen molar-refractivity contribution in [2.45, 2.75) is 38.6 Å². The third kappa shape index (κ3) is 6.26. The van der Waals surface area contributed by atoms with Gasteiger partial charge >= 0.3 is 5.97 Å². The SMILES string of the molecule is COC(=O)/C=C/c1cccc(N(Cc2ccc(N3CCOCC3)cc2)C(=O)C2CCCCC2)c1. The highest BCUT2D eigenvalue weighted by atomic mass is 16.5. The lowest BCUT2D eigenvalue weighted by Crippen LogP contribution is -2.37. The normalized spacial score (nSPS) is 17.0. The van der Waals surface area contributed by atoms with Crippen molar-refractivity contribution in [1.29, 1.82) is 0 Å². The number of rotatable bonds is 7. The monoisotopic (exact) mass is 462 g/mol. The molecular weight excluding hydrogens is 428 g/mol. The second-order valence-corrected chi connectivity index (χ2v) is 8.98. The van der Waals surface area contributed by atoms with Crippen molar-refractivity contribution in [3.63, 3.8) is 0 Å². The van der Waals surface area contributed by atoms with Gasteiger partial charge < -0.3 is 19.3 Å². The lowest BCUT2D eigenvalue weighted by molar-refractivity contribution is -0.134. The van der Waals surface area contributed by atoms with Crippen LogP contribution in [0.25, 0.3) is 6.08 Å². The van der Waals surface area contributed by atoms with Gasteiger partial charge in [-0.15, -0.1) is 0 Å². The quantitative estimate of drug-likeness (QED) is 0.436. The third-order valence-corrected chi connectivity index (χ3v) is 6.67. The zero-order valence-corrected chi connectivity index (χ0v) is 19.9. The second kappa shape index (κ2) is 11.8. The Morgan fingerprint density at radius 3 is 2.50 bits per heavy atom. The highest BCUT2D eigenvalue weighted by Gasteiger charge is 2.27. The Hall–Kier alpha value is -3.12. The molecule has 1 saturated heterocycles. The highest BCUT2D eigenvalue weighted by molar-refractivity contribution is 5.95. The van der Waals surface area contributed by atoms with E-state index < -0.39 is 5.97 Å². The molecule has 0 spiro atoms. The molecule has 1 amide bonds. The Kier molecular flexibility index (Phi) is 8.36. The van der Waals surface area contributed by atoms with Gasteiger partial charge in [-0.05, 0) is 54.3 Å². The average Bonchev–Trinajstić information content (AvgIpc) is 2.91. The molecule has 2 aromatic carbocycles. The van der Waals surface area contributed by atoms with Gasteiger partial charge in [-0.1, -0.05) is 43.5 Å². The molecule has 0 N–H and O–H groups in total. The smallest absolute Gasteiger partial charge is 0.330 e. The molecule has 0 radical (unpaired) electrons. The fourth-order valence-corrected chi connectivity index (χ4v) is 4.71. The van der Waals surface area contributed by atoms with Crippen LogP contribution in [0.1, 0.15) is 43.2 Å². The van der Waals surface area contributed by atoms with Crippen LogP contribution < -0.4 is 9.80 Å². The first kappa shape index (κ1) is 24.0. The van der Waals surface area contributed by atoms with E-state index in [0.29, 0.717) is 6.54 Å². The molecule has 6 heteroatoms. The number of benzene rings is 2. The molecule has 6 nitrogen and oxygen atoms in total. The summed E-state index contributed by atoms with van der Waals surface area (Å²) in [5, 5.41) is 0. The molecule has 1 aliphatic carbocycles. The highest BCUT2D eigenvalue weighted by Crippen LogP contribution is 2.29. The number of hydrogen-bond acceptors (Lipinski definition) is 5. The fourth-order valence-electron chi connectivity index (χ4n) is 4.71. The van der Waals surface area contributed by atoms with Crippen LogP contribution >= 0.6 is 0 Å². The first-order chi connectivity index (χ1) is 16.6. The van der Waals surface area contributed by atoms with Gasteiger partial charge in [0.05, 0.1) is 26.9 Å². The number of methoxy groups -OCH3 is 1. The van der Waals surface area contributed by atoms with Crippen molar-refractivity contribution < 1.29 is 19.1 Å². The number of carbonyl (C=O) groups excluding carboxylic acids is 2. The maximum Gasteiger partial charge on any atom is 0.330 e. The van der Waals surface area contributed by atoms with Gasteiger partial charge in [0.25, 0.3) is 0 Å². The van der Waals surface area contributed by atoms with Crippen LogP contribution in [0, 0.1) is 5.92 Å². The van der Waals surface area contributed by atoms with Gasteiger partial charge in [-0.25, -0.2) is 4.79 Å². The van der Waals surface area contributed by atoms with Crippen LogP contribution in [-0.4, -0.2) is 45.3 Å². The van der Waals surface area contributed by atoms with E-state index in [2.05, 4.69) is 29.2 Å². The van der Waals surface area contributed by atoms with Crippen molar-refractivity contribution in [2.24, 2.45) is 5.92 Å². The van der Waals surface area contributed by atoms with Crippen LogP contribution in [0.15, 0.2) is 54.6 Å². The maximum atomic E-state index is 13.7. The maximum absolute atomic E-state index is 13.7. The molecule has 1 aliphatic heterocycles. The largest absolute Gasteiger partial charge is 0.466 e. The Labute approximate surface area is 202 Å². The number of morpholine rings is 1. The van der Waals surface area contributed by atoms with Crippen LogP contribution in [0.3, 0.4) is 0 Å². The van der Waals surface area contributed by atoms with E-state index in [0.717, 1.165) is 68.8 Å². The minimum Gasteiger partial charge on any atom is -0.466 e. The lowest BCUT2D eigenvalue weighted by atomic mass is 9.88. The van der Waals surface area contributed by atoms with Crippen molar-refractivity contribution in [1.82, 2.24) is 0 Å². The zero-order chi connectivity index (χ0) is 23.8. The van der Waals surface area contributed by atoms with Crippen molar-refractivity contribution in [3.8, 4) is 0 Å². The van der Waals surface area contributed by atoms with Crippen LogP contribution in [0.4, 0.5) is 11.4 Å². The van der Waals surface area contributed by atoms with Gasteiger partial charge in [0.1, 0.15) is 0 Å². The molecule has 34 heavy (non-hydrogen) atoms. The Morgan fingerprint density at radius 1 is 1.06 bits per heavy atom. The predicted molar refractivity (Wildman–Crippen MR) is 135 cm³/mol. The van der Waals surface area contributed by atoms with E-state index >= 15 is 0 Å². The first-order valence-corrected chi connectivity index (χ1v) is 12.2. The summed E-state index contributed by atoms with van der Waals surface area (Å²) in [6, 6.07) is 16.3. The van der Waals surface area contributed by atoms with Gasteiger partial charge in [-0.3, -0.25) is 4.79 Å². The van der Waals surface area contributed by atoms with E-state index in [1.807, 2.05) is 29.2 Å². The van der Waals surface area contributed by atoms with Gasteiger partial charge in [0.2, 0.25) is 5.91 Å². The second-order valence-electron chi connectivity index (χ2n) is 8.98. The first-order valence-electron chi connectivity index (χ1n) is 12.2. The zero-order valence-electron chi connectivity index (χ0n) is 19.9. The molecule has 0 aromatic heterocycles. The Bertz CT molecular complexity index is 990. The van der Waals surface area contributed by atoms with E-state index in [-0.39, 0.29) is 11.8 Å². The molecule has 4 rings (SSSR count). The number of nitrogens with zero attached hydrogens (tertiary/aromatic N) is 2. The van der Waals surface area contributed by atoms with E-state index in [1.54, 1.807) is 6.08 Å². The summed E-state index contributed by atoms with van der Waals surface area (Å²) in [7, 11) is 1.36. The molecule has 0 bridgehead atoms. The van der Waals surface area contributed by atoms with Gasteiger partial charge in [0.15, 0.2) is 0 Å². The van der Waals surface area contributed by atoms with Crippen molar-refractivity contribution >= 4 is 29.3 Å². The molecule has 0 atom stereocenters. The summed E-state index contributed by atoms with van der Waals surface area (Å²) in [5.41, 5.74) is 3.98. The summed E-state index contributed by atoms with van der Waals surface area (Å²) in [4.78, 5) is 29.4. The molecule has 1 heterocycles. The Balaban J connectivity index is 1.56. The topological polar surface area (TPSA) is 59.1 Å². The van der Waals surface area contributed by atoms with Crippen molar-refractivity contribution in [3.05, 3.63) is 65.7 Å². The van der Waals surface area contributed by atoms with E-state index in [1.165, 1.54) is 25.3 Å². The summed E-state index contributed by atoms with van der Waals surface area (Å²) >= 11 is 0. The van der Waals surface area contributed by atoms with Crippen LogP contribution in [0.2, 0.25) is 0 Å². The molecule has 0 unspecified atom stereocenters. The number of carbonyl (C=O) groups is 2. The number of ether oxygens (including phenoxy) is 2. The van der Waals surface area contributed by atoms with Crippen LogP contribution in [-0.2, 0) is 25.6 Å². The number of esters is 1. The fraction of sp³-hybridized carbons (Fsp3) is 0.429. The number of amides is 1. The third-order valence-electron chi connectivity index (χ3n) is 6.67. The minimum atomic E-state index is -0.402. The van der Waals surface area contributed by atoms with E-state index in [4.69, 9.17) is 9.47 Å². The molecule has 2 aliphatic rings. The Morgan fingerprint density at radius 2 is 1.79 bits per heavy atom. The molecule has 180 valence electrons. The van der Waals surface area contributed by atoms with E-state index in [9.17, 15) is 9.59 Å². The molecule has 2 fully saturated rings. The van der Waals surface area contributed by atoms with Crippen molar-refractivity contribution in [2.75, 3.05) is 43.2 Å². The molecule has 1 saturated carbocycles. The van der Waals surface area contributed by atoms with Gasteiger partial charge in [-0.2, -0.15) is 0 Å². The molecule has 2 aromatic rings. The number of hydrogen-bond donors (Lipinski definition) is 0. The van der Waals surface area contributed by atoms with Gasteiger partial charge in [0, 0.05) is 36.5 Å². The molecular formula is C28H34N2O4.